The van der Waals surface area contributed by atoms with Gasteiger partial charge in [-0.15, -0.1) is 0 Å². The van der Waals surface area contributed by atoms with Crippen LogP contribution in [-0.2, 0) is 20.8 Å². The maximum Gasteiger partial charge on any atom is 0.412 e. The van der Waals surface area contributed by atoms with E-state index in [1.165, 1.54) is 6.42 Å². The number of rotatable bonds is 6. The molecule has 0 aromatic heterocycles. The molecule has 0 bridgehead atoms. The number of benzene rings is 1. The summed E-state index contributed by atoms with van der Waals surface area (Å²) in [7, 11) is 1.56. The fraction of sp³-hybridized carbons (Fsp3) is 0.562. The first-order valence-corrected chi connectivity index (χ1v) is 7.39. The zero-order valence-electron chi connectivity index (χ0n) is 12.5. The van der Waals surface area contributed by atoms with Crippen LogP contribution in [0.2, 0.25) is 0 Å². The Kier molecular flexibility index (Phi) is 6.50. The summed E-state index contributed by atoms with van der Waals surface area (Å²) in [6, 6.07) is 9.78. The number of ether oxygens (including phenoxy) is 3. The molecule has 0 radical (unpaired) electrons. The van der Waals surface area contributed by atoms with Crippen LogP contribution in [-0.4, -0.2) is 44.1 Å². The lowest BCUT2D eigenvalue weighted by molar-refractivity contribution is -0.147. The highest BCUT2D eigenvalue weighted by Crippen LogP contribution is 2.12. The van der Waals surface area contributed by atoms with Gasteiger partial charge in [0.25, 0.3) is 0 Å². The molecule has 1 heterocycles. The van der Waals surface area contributed by atoms with Crippen molar-refractivity contribution in [3.05, 3.63) is 35.9 Å². The lowest BCUT2D eigenvalue weighted by atomic mass is 10.1. The molecule has 1 aromatic carbocycles. The molecule has 1 aliphatic heterocycles. The SMILES string of the molecule is COCC(OCc1ccccc1)OC(=O)N1CCCCC1. The number of carbonyl (C=O) groups is 1. The lowest BCUT2D eigenvalue weighted by Gasteiger charge is -2.28. The molecule has 5 heteroatoms. The summed E-state index contributed by atoms with van der Waals surface area (Å²) in [6.07, 6.45) is 2.26. The monoisotopic (exact) mass is 293 g/mol. The number of hydrogen-bond acceptors (Lipinski definition) is 4. The quantitative estimate of drug-likeness (QED) is 0.757. The van der Waals surface area contributed by atoms with E-state index in [0.29, 0.717) is 6.61 Å². The molecule has 1 atom stereocenters. The molecule has 0 aliphatic carbocycles. The smallest absolute Gasteiger partial charge is 0.412 e. The summed E-state index contributed by atoms with van der Waals surface area (Å²) in [4.78, 5) is 13.8. The first kappa shape index (κ1) is 15.8. The zero-order valence-corrected chi connectivity index (χ0v) is 12.5. The van der Waals surface area contributed by atoms with E-state index in [1.54, 1.807) is 12.0 Å². The second kappa shape index (κ2) is 8.64. The van der Waals surface area contributed by atoms with E-state index in [2.05, 4.69) is 0 Å². The van der Waals surface area contributed by atoms with Crippen LogP contribution in [0.15, 0.2) is 30.3 Å². The summed E-state index contributed by atoms with van der Waals surface area (Å²) in [5.74, 6) is 0. The lowest BCUT2D eigenvalue weighted by Crippen LogP contribution is -2.39. The van der Waals surface area contributed by atoms with Gasteiger partial charge in [0.1, 0.15) is 6.61 Å². The van der Waals surface area contributed by atoms with Crippen molar-refractivity contribution in [1.29, 1.82) is 0 Å². The molecule has 1 unspecified atom stereocenters. The maximum absolute atomic E-state index is 12.1. The molecule has 5 nitrogen and oxygen atoms in total. The fourth-order valence-electron chi connectivity index (χ4n) is 2.28. The van der Waals surface area contributed by atoms with Crippen molar-refractivity contribution in [2.45, 2.75) is 32.2 Å². The van der Waals surface area contributed by atoms with Crippen LogP contribution >= 0.6 is 0 Å². The van der Waals surface area contributed by atoms with Gasteiger partial charge in [0.15, 0.2) is 0 Å². The topological polar surface area (TPSA) is 48.0 Å². The summed E-state index contributed by atoms with van der Waals surface area (Å²) >= 11 is 0. The molecular formula is C16H23NO4. The Morgan fingerprint density at radius 1 is 1.19 bits per heavy atom. The van der Waals surface area contributed by atoms with Crippen molar-refractivity contribution in [1.82, 2.24) is 4.90 Å². The van der Waals surface area contributed by atoms with Crippen molar-refractivity contribution >= 4 is 6.09 Å². The summed E-state index contributed by atoms with van der Waals surface area (Å²) in [5, 5.41) is 0. The third-order valence-corrected chi connectivity index (χ3v) is 3.43. The van der Waals surface area contributed by atoms with E-state index in [0.717, 1.165) is 31.5 Å². The second-order valence-corrected chi connectivity index (χ2v) is 5.11. The number of amides is 1. The number of likely N-dealkylation sites (tertiary alicyclic amines) is 1. The van der Waals surface area contributed by atoms with Gasteiger partial charge in [0.2, 0.25) is 6.29 Å². The average molecular weight is 293 g/mol. The Balaban J connectivity index is 1.81. The van der Waals surface area contributed by atoms with Crippen molar-refractivity contribution in [2.24, 2.45) is 0 Å². The summed E-state index contributed by atoms with van der Waals surface area (Å²) in [5.41, 5.74) is 1.03. The number of hydrogen-bond donors (Lipinski definition) is 0. The van der Waals surface area contributed by atoms with Crippen LogP contribution in [0.1, 0.15) is 24.8 Å². The average Bonchev–Trinajstić information content (AvgIpc) is 2.54. The van der Waals surface area contributed by atoms with Crippen LogP contribution in [0.4, 0.5) is 4.79 Å². The Morgan fingerprint density at radius 3 is 2.57 bits per heavy atom. The van der Waals surface area contributed by atoms with Gasteiger partial charge in [0, 0.05) is 20.2 Å². The van der Waals surface area contributed by atoms with E-state index in [1.807, 2.05) is 30.3 Å². The van der Waals surface area contributed by atoms with Crippen LogP contribution in [0.3, 0.4) is 0 Å². The van der Waals surface area contributed by atoms with Crippen LogP contribution in [0, 0.1) is 0 Å². The molecule has 1 fully saturated rings. The van der Waals surface area contributed by atoms with E-state index in [9.17, 15) is 4.79 Å². The number of piperidine rings is 1. The Morgan fingerprint density at radius 2 is 1.90 bits per heavy atom. The van der Waals surface area contributed by atoms with Gasteiger partial charge >= 0.3 is 6.09 Å². The molecule has 1 aromatic rings. The second-order valence-electron chi connectivity index (χ2n) is 5.11. The minimum absolute atomic E-state index is 0.229. The number of nitrogens with zero attached hydrogens (tertiary/aromatic N) is 1. The fourth-order valence-corrected chi connectivity index (χ4v) is 2.28. The van der Waals surface area contributed by atoms with Crippen LogP contribution < -0.4 is 0 Å². The predicted octanol–water partition coefficient (Wildman–Crippen LogP) is 2.80. The van der Waals surface area contributed by atoms with E-state index in [4.69, 9.17) is 14.2 Å². The van der Waals surface area contributed by atoms with Crippen molar-refractivity contribution in [3.63, 3.8) is 0 Å². The van der Waals surface area contributed by atoms with Gasteiger partial charge in [-0.25, -0.2) is 4.79 Å². The third kappa shape index (κ3) is 5.36. The third-order valence-electron chi connectivity index (χ3n) is 3.43. The largest absolute Gasteiger partial charge is 0.417 e. The minimum atomic E-state index is -0.676. The molecule has 0 N–H and O–H groups in total. The molecular weight excluding hydrogens is 270 g/mol. The predicted molar refractivity (Wildman–Crippen MR) is 78.8 cm³/mol. The maximum atomic E-state index is 12.1. The first-order chi connectivity index (χ1) is 10.3. The van der Waals surface area contributed by atoms with Crippen LogP contribution in [0.5, 0.6) is 0 Å². The highest BCUT2D eigenvalue weighted by molar-refractivity contribution is 5.67. The molecule has 116 valence electrons. The van der Waals surface area contributed by atoms with Gasteiger partial charge in [-0.3, -0.25) is 0 Å². The normalized spacial score (nSPS) is 16.5. The molecule has 1 amide bonds. The molecule has 1 saturated heterocycles. The highest BCUT2D eigenvalue weighted by atomic mass is 16.7. The summed E-state index contributed by atoms with van der Waals surface area (Å²) in [6.45, 7) is 2.14. The zero-order chi connectivity index (χ0) is 14.9. The highest BCUT2D eigenvalue weighted by Gasteiger charge is 2.22. The van der Waals surface area contributed by atoms with E-state index in [-0.39, 0.29) is 12.7 Å². The van der Waals surface area contributed by atoms with E-state index < -0.39 is 6.29 Å². The van der Waals surface area contributed by atoms with Crippen LogP contribution in [0.25, 0.3) is 0 Å². The number of methoxy groups -OCH3 is 1. The number of carbonyl (C=O) groups excluding carboxylic acids is 1. The molecule has 1 aliphatic rings. The molecule has 21 heavy (non-hydrogen) atoms. The Bertz CT molecular complexity index is 418. The minimum Gasteiger partial charge on any atom is -0.417 e. The van der Waals surface area contributed by atoms with Crippen molar-refractivity contribution < 1.29 is 19.0 Å². The van der Waals surface area contributed by atoms with Gasteiger partial charge in [-0.2, -0.15) is 0 Å². The standard InChI is InChI=1S/C16H23NO4/c1-19-13-15(20-12-14-8-4-2-5-9-14)21-16(18)17-10-6-3-7-11-17/h2,4-5,8-9,15H,3,6-7,10-13H2,1H3. The first-order valence-electron chi connectivity index (χ1n) is 7.39. The Labute approximate surface area is 125 Å². The van der Waals surface area contributed by atoms with Crippen molar-refractivity contribution in [3.8, 4) is 0 Å². The van der Waals surface area contributed by atoms with Gasteiger partial charge < -0.3 is 19.1 Å². The molecule has 0 spiro atoms. The summed E-state index contributed by atoms with van der Waals surface area (Å²) < 4.78 is 16.1. The Hall–Kier alpha value is -1.59. The van der Waals surface area contributed by atoms with E-state index >= 15 is 0 Å². The van der Waals surface area contributed by atoms with Gasteiger partial charge in [0.05, 0.1) is 6.61 Å². The van der Waals surface area contributed by atoms with Gasteiger partial charge in [-0.05, 0) is 24.8 Å². The molecule has 2 rings (SSSR count). The van der Waals surface area contributed by atoms with Gasteiger partial charge in [-0.1, -0.05) is 30.3 Å². The van der Waals surface area contributed by atoms with Crippen molar-refractivity contribution in [2.75, 3.05) is 26.8 Å². The molecule has 0 saturated carbocycles.